The maximum Gasteiger partial charge on any atom is 0.417 e. The Balaban J connectivity index is 2.90. The van der Waals surface area contributed by atoms with Crippen LogP contribution in [0.15, 0.2) is 31.1 Å². The summed E-state index contributed by atoms with van der Waals surface area (Å²) in [4.78, 5) is 15.1. The van der Waals surface area contributed by atoms with Crippen LogP contribution in [0.5, 0.6) is 0 Å². The zero-order valence-electron chi connectivity index (χ0n) is 8.92. The van der Waals surface area contributed by atoms with E-state index in [4.69, 9.17) is 0 Å². The summed E-state index contributed by atoms with van der Waals surface area (Å²) in [6.07, 6.45) is -1.09. The highest BCUT2D eigenvalue weighted by atomic mass is 19.4. The topological polar surface area (TPSA) is 42.0 Å². The number of aromatic nitrogens is 1. The summed E-state index contributed by atoms with van der Waals surface area (Å²) in [6, 6.07) is 0.792. The highest BCUT2D eigenvalue weighted by molar-refractivity contribution is 5.98. The molecule has 0 aliphatic rings. The van der Waals surface area contributed by atoms with E-state index in [1.165, 1.54) is 6.08 Å². The van der Waals surface area contributed by atoms with Gasteiger partial charge in [0, 0.05) is 24.5 Å². The molecule has 92 valence electrons. The van der Waals surface area contributed by atoms with Crippen molar-refractivity contribution in [1.29, 1.82) is 0 Å². The van der Waals surface area contributed by atoms with E-state index in [0.717, 1.165) is 18.5 Å². The quantitative estimate of drug-likeness (QED) is 0.489. The average molecular weight is 244 g/mol. The van der Waals surface area contributed by atoms with Gasteiger partial charge in [0.25, 0.3) is 0 Å². The molecule has 1 aromatic heterocycles. The molecule has 1 aromatic rings. The predicted molar refractivity (Wildman–Crippen MR) is 56.6 cm³/mol. The minimum absolute atomic E-state index is 0.180. The molecule has 0 unspecified atom stereocenters. The molecule has 3 nitrogen and oxygen atoms in total. The van der Waals surface area contributed by atoms with Gasteiger partial charge in [0.15, 0.2) is 5.78 Å². The zero-order valence-corrected chi connectivity index (χ0v) is 8.92. The fourth-order valence-corrected chi connectivity index (χ4v) is 1.25. The van der Waals surface area contributed by atoms with Crippen molar-refractivity contribution in [1.82, 2.24) is 10.3 Å². The van der Waals surface area contributed by atoms with E-state index < -0.39 is 23.1 Å². The van der Waals surface area contributed by atoms with E-state index in [0.29, 0.717) is 6.54 Å². The van der Waals surface area contributed by atoms with Crippen LogP contribution in [0.4, 0.5) is 13.2 Å². The number of pyridine rings is 1. The Morgan fingerprint density at radius 1 is 1.53 bits per heavy atom. The number of hydrogen-bond donors (Lipinski definition) is 1. The van der Waals surface area contributed by atoms with Crippen LogP contribution >= 0.6 is 0 Å². The Kier molecular flexibility index (Phi) is 4.39. The summed E-state index contributed by atoms with van der Waals surface area (Å²) < 4.78 is 37.7. The molecule has 0 fully saturated rings. The molecule has 17 heavy (non-hydrogen) atoms. The first-order valence-electron chi connectivity index (χ1n) is 4.83. The fraction of sp³-hybridized carbons (Fsp3) is 0.273. The molecule has 1 rings (SSSR count). The van der Waals surface area contributed by atoms with Gasteiger partial charge in [0.2, 0.25) is 0 Å². The summed E-state index contributed by atoms with van der Waals surface area (Å²) in [6.45, 7) is 3.60. The van der Waals surface area contributed by atoms with Crippen LogP contribution in [0, 0.1) is 0 Å². The molecular weight excluding hydrogens is 233 g/mol. The smallest absolute Gasteiger partial charge is 0.306 e. The number of halogens is 3. The summed E-state index contributed by atoms with van der Waals surface area (Å²) in [5.74, 6) is -0.646. The number of nitrogens with zero attached hydrogens (tertiary/aromatic N) is 1. The van der Waals surface area contributed by atoms with Crippen molar-refractivity contribution in [2.75, 3.05) is 13.1 Å². The third kappa shape index (κ3) is 3.67. The van der Waals surface area contributed by atoms with Crippen molar-refractivity contribution in [2.24, 2.45) is 0 Å². The van der Waals surface area contributed by atoms with Gasteiger partial charge in [0.05, 0.1) is 12.1 Å². The highest BCUT2D eigenvalue weighted by Crippen LogP contribution is 2.31. The molecule has 0 amide bonds. The second-order valence-corrected chi connectivity index (χ2v) is 3.26. The van der Waals surface area contributed by atoms with Gasteiger partial charge in [-0.3, -0.25) is 9.78 Å². The molecule has 0 bridgehead atoms. The van der Waals surface area contributed by atoms with Crippen LogP contribution in [0.25, 0.3) is 0 Å². The number of carbonyl (C=O) groups is 1. The second-order valence-electron chi connectivity index (χ2n) is 3.26. The van der Waals surface area contributed by atoms with E-state index >= 15 is 0 Å². The standard InChI is InChI=1S/C11H11F3N2O/c1-2-4-15-7-10(17)8-6-16-5-3-9(8)11(12,13)14/h2-3,5-6,15H,1,4,7H2. The number of hydrogen-bond acceptors (Lipinski definition) is 3. The van der Waals surface area contributed by atoms with Gasteiger partial charge < -0.3 is 5.32 Å². The minimum Gasteiger partial charge on any atom is -0.306 e. The highest BCUT2D eigenvalue weighted by Gasteiger charge is 2.34. The summed E-state index contributed by atoms with van der Waals surface area (Å²) in [7, 11) is 0. The number of ketones is 1. The number of rotatable bonds is 5. The molecule has 1 N–H and O–H groups in total. The van der Waals surface area contributed by atoms with Gasteiger partial charge in [-0.05, 0) is 6.07 Å². The number of nitrogens with one attached hydrogen (secondary N) is 1. The molecule has 0 aliphatic carbocycles. The van der Waals surface area contributed by atoms with Gasteiger partial charge in [-0.1, -0.05) is 6.08 Å². The molecule has 6 heteroatoms. The predicted octanol–water partition coefficient (Wildman–Crippen LogP) is 2.06. The molecule has 0 saturated heterocycles. The van der Waals surface area contributed by atoms with Crippen molar-refractivity contribution in [3.8, 4) is 0 Å². The second kappa shape index (κ2) is 5.58. The Bertz CT molecular complexity index is 415. The lowest BCUT2D eigenvalue weighted by Gasteiger charge is -2.11. The van der Waals surface area contributed by atoms with Crippen LogP contribution in [-0.2, 0) is 6.18 Å². The molecule has 0 atom stereocenters. The normalized spacial score (nSPS) is 11.2. The number of alkyl halides is 3. The SMILES string of the molecule is C=CCNCC(=O)c1cnccc1C(F)(F)F. The van der Waals surface area contributed by atoms with Gasteiger partial charge in [-0.2, -0.15) is 13.2 Å². The first-order chi connectivity index (χ1) is 7.96. The Labute approximate surface area is 96.4 Å². The van der Waals surface area contributed by atoms with Crippen molar-refractivity contribution in [3.63, 3.8) is 0 Å². The van der Waals surface area contributed by atoms with Gasteiger partial charge in [-0.15, -0.1) is 6.58 Å². The van der Waals surface area contributed by atoms with Crippen molar-refractivity contribution < 1.29 is 18.0 Å². The van der Waals surface area contributed by atoms with Gasteiger partial charge >= 0.3 is 6.18 Å². The molecule has 0 aliphatic heterocycles. The number of Topliss-reactive ketones (excluding diaryl/α,β-unsaturated/α-hetero) is 1. The first-order valence-corrected chi connectivity index (χ1v) is 4.83. The largest absolute Gasteiger partial charge is 0.417 e. The molecule has 0 radical (unpaired) electrons. The number of carbonyl (C=O) groups excluding carboxylic acids is 1. The monoisotopic (exact) mass is 244 g/mol. The third-order valence-electron chi connectivity index (χ3n) is 2.00. The van der Waals surface area contributed by atoms with Crippen LogP contribution in [0.3, 0.4) is 0 Å². The summed E-state index contributed by atoms with van der Waals surface area (Å²) in [5.41, 5.74) is -1.38. The van der Waals surface area contributed by atoms with Crippen molar-refractivity contribution >= 4 is 5.78 Å². The van der Waals surface area contributed by atoms with Gasteiger partial charge in [-0.25, -0.2) is 0 Å². The van der Waals surface area contributed by atoms with Crippen molar-refractivity contribution in [2.45, 2.75) is 6.18 Å². The van der Waals surface area contributed by atoms with Crippen LogP contribution in [-0.4, -0.2) is 23.9 Å². The molecule has 1 heterocycles. The van der Waals surface area contributed by atoms with E-state index in [2.05, 4.69) is 16.9 Å². The fourth-order valence-electron chi connectivity index (χ4n) is 1.25. The lowest BCUT2D eigenvalue weighted by Crippen LogP contribution is -2.25. The summed E-state index contributed by atoms with van der Waals surface area (Å²) in [5, 5.41) is 2.65. The Morgan fingerprint density at radius 2 is 2.24 bits per heavy atom. The lowest BCUT2D eigenvalue weighted by molar-refractivity contribution is -0.138. The maximum absolute atomic E-state index is 12.6. The Morgan fingerprint density at radius 3 is 2.82 bits per heavy atom. The van der Waals surface area contributed by atoms with E-state index in [1.54, 1.807) is 0 Å². The van der Waals surface area contributed by atoms with Gasteiger partial charge in [0.1, 0.15) is 0 Å². The van der Waals surface area contributed by atoms with Crippen LogP contribution < -0.4 is 5.32 Å². The molecule has 0 spiro atoms. The van der Waals surface area contributed by atoms with Crippen molar-refractivity contribution in [3.05, 3.63) is 42.2 Å². The molecule has 0 saturated carbocycles. The maximum atomic E-state index is 12.6. The molecular formula is C11H11F3N2O. The minimum atomic E-state index is -4.55. The average Bonchev–Trinajstić information content (AvgIpc) is 2.28. The van der Waals surface area contributed by atoms with E-state index in [-0.39, 0.29) is 6.54 Å². The first kappa shape index (κ1) is 13.4. The van der Waals surface area contributed by atoms with E-state index in [9.17, 15) is 18.0 Å². The van der Waals surface area contributed by atoms with Crippen LogP contribution in [0.1, 0.15) is 15.9 Å². The molecule has 0 aromatic carbocycles. The summed E-state index contributed by atoms with van der Waals surface area (Å²) >= 11 is 0. The Hall–Kier alpha value is -1.69. The third-order valence-corrected chi connectivity index (χ3v) is 2.00. The van der Waals surface area contributed by atoms with E-state index in [1.807, 2.05) is 0 Å². The zero-order chi connectivity index (χ0) is 12.9. The van der Waals surface area contributed by atoms with Crippen LogP contribution in [0.2, 0.25) is 0 Å². The lowest BCUT2D eigenvalue weighted by atomic mass is 10.1.